The number of halogens is 1. The summed E-state index contributed by atoms with van der Waals surface area (Å²) in [5.74, 6) is 0.506. The molecule has 1 N–H and O–H groups in total. The second-order valence-corrected chi connectivity index (χ2v) is 5.21. The first-order valence-corrected chi connectivity index (χ1v) is 7.54. The van der Waals surface area contributed by atoms with Crippen molar-refractivity contribution in [2.45, 2.75) is 6.92 Å². The SMILES string of the molecule is COc1cc(NC(=O)C=C(C)c2ccccc2F)cc(OC)c1OC. The van der Waals surface area contributed by atoms with Gasteiger partial charge in [-0.2, -0.15) is 0 Å². The van der Waals surface area contributed by atoms with E-state index in [0.29, 0.717) is 34.1 Å². The second kappa shape index (κ2) is 8.19. The van der Waals surface area contributed by atoms with Crippen LogP contribution in [0, 0.1) is 5.82 Å². The minimum atomic E-state index is -0.393. The maximum atomic E-state index is 13.8. The number of carbonyl (C=O) groups is 1. The van der Waals surface area contributed by atoms with E-state index in [1.807, 2.05) is 0 Å². The minimum Gasteiger partial charge on any atom is -0.493 e. The highest BCUT2D eigenvalue weighted by Gasteiger charge is 2.14. The Morgan fingerprint density at radius 2 is 1.64 bits per heavy atom. The Kier molecular flexibility index (Phi) is 6.00. The van der Waals surface area contributed by atoms with Crippen molar-refractivity contribution in [3.05, 3.63) is 53.9 Å². The largest absolute Gasteiger partial charge is 0.493 e. The summed E-state index contributed by atoms with van der Waals surface area (Å²) in [6.07, 6.45) is 1.33. The molecule has 0 saturated carbocycles. The first kappa shape index (κ1) is 18.3. The smallest absolute Gasteiger partial charge is 0.248 e. The normalized spacial score (nSPS) is 11.0. The third kappa shape index (κ3) is 4.29. The number of nitrogens with one attached hydrogen (secondary N) is 1. The maximum Gasteiger partial charge on any atom is 0.248 e. The Bertz CT molecular complexity index is 777. The van der Waals surface area contributed by atoms with Crippen LogP contribution in [0.2, 0.25) is 0 Å². The molecule has 0 bridgehead atoms. The van der Waals surface area contributed by atoms with Gasteiger partial charge in [-0.15, -0.1) is 0 Å². The maximum absolute atomic E-state index is 13.8. The molecule has 0 saturated heterocycles. The molecule has 0 aromatic heterocycles. The standard InChI is InChI=1S/C19H20FNO4/c1-12(14-7-5-6-8-15(14)20)9-18(22)21-13-10-16(23-2)19(25-4)17(11-13)24-3/h5-11H,1-4H3,(H,21,22). The van der Waals surface area contributed by atoms with Gasteiger partial charge in [0.2, 0.25) is 11.7 Å². The lowest BCUT2D eigenvalue weighted by atomic mass is 10.1. The van der Waals surface area contributed by atoms with Gasteiger partial charge >= 0.3 is 0 Å². The zero-order valence-electron chi connectivity index (χ0n) is 14.6. The number of rotatable bonds is 6. The second-order valence-electron chi connectivity index (χ2n) is 5.21. The molecular weight excluding hydrogens is 325 g/mol. The molecule has 2 aromatic carbocycles. The molecule has 0 fully saturated rings. The molecule has 0 unspecified atom stereocenters. The van der Waals surface area contributed by atoms with Crippen molar-refractivity contribution in [3.8, 4) is 17.2 Å². The summed E-state index contributed by atoms with van der Waals surface area (Å²) >= 11 is 0. The van der Waals surface area contributed by atoms with Crippen LogP contribution >= 0.6 is 0 Å². The quantitative estimate of drug-likeness (QED) is 0.807. The number of methoxy groups -OCH3 is 3. The molecule has 5 nitrogen and oxygen atoms in total. The van der Waals surface area contributed by atoms with Crippen LogP contribution in [0.5, 0.6) is 17.2 Å². The number of amides is 1. The van der Waals surface area contributed by atoms with Gasteiger partial charge in [0.05, 0.1) is 21.3 Å². The first-order valence-electron chi connectivity index (χ1n) is 7.54. The highest BCUT2D eigenvalue weighted by atomic mass is 19.1. The minimum absolute atomic E-state index is 0.377. The van der Waals surface area contributed by atoms with E-state index < -0.39 is 5.91 Å². The van der Waals surface area contributed by atoms with Crippen molar-refractivity contribution < 1.29 is 23.4 Å². The zero-order chi connectivity index (χ0) is 18.4. The third-order valence-electron chi connectivity index (χ3n) is 3.58. The van der Waals surface area contributed by atoms with E-state index in [4.69, 9.17) is 14.2 Å². The van der Waals surface area contributed by atoms with Crippen LogP contribution in [0.25, 0.3) is 5.57 Å². The molecule has 0 heterocycles. The molecule has 0 spiro atoms. The number of hydrogen-bond donors (Lipinski definition) is 1. The first-order chi connectivity index (χ1) is 12.0. The van der Waals surface area contributed by atoms with Gasteiger partial charge in [0.1, 0.15) is 5.82 Å². The third-order valence-corrected chi connectivity index (χ3v) is 3.58. The van der Waals surface area contributed by atoms with Gasteiger partial charge in [0.25, 0.3) is 0 Å². The van der Waals surface area contributed by atoms with Crippen LogP contribution in [0.4, 0.5) is 10.1 Å². The van der Waals surface area contributed by atoms with Gasteiger partial charge in [0, 0.05) is 29.5 Å². The average Bonchev–Trinajstić information content (AvgIpc) is 2.60. The number of benzene rings is 2. The van der Waals surface area contributed by atoms with E-state index >= 15 is 0 Å². The molecule has 0 aliphatic heterocycles. The Labute approximate surface area is 146 Å². The Morgan fingerprint density at radius 1 is 1.04 bits per heavy atom. The molecule has 6 heteroatoms. The summed E-state index contributed by atoms with van der Waals surface area (Å²) in [6, 6.07) is 9.52. The molecule has 2 rings (SSSR count). The average molecular weight is 345 g/mol. The van der Waals surface area contributed by atoms with Crippen molar-refractivity contribution >= 4 is 17.2 Å². The van der Waals surface area contributed by atoms with E-state index in [-0.39, 0.29) is 5.82 Å². The predicted octanol–water partition coefficient (Wildman–Crippen LogP) is 3.89. The van der Waals surface area contributed by atoms with Crippen LogP contribution in [0.1, 0.15) is 12.5 Å². The van der Waals surface area contributed by atoms with E-state index in [1.165, 1.54) is 33.5 Å². The fourth-order valence-electron chi connectivity index (χ4n) is 2.39. The lowest BCUT2D eigenvalue weighted by molar-refractivity contribution is -0.111. The summed E-state index contributed by atoms with van der Waals surface area (Å²) in [4.78, 5) is 12.2. The van der Waals surface area contributed by atoms with E-state index in [2.05, 4.69) is 5.32 Å². The van der Waals surface area contributed by atoms with Crippen molar-refractivity contribution in [1.82, 2.24) is 0 Å². The highest BCUT2D eigenvalue weighted by Crippen LogP contribution is 2.39. The van der Waals surface area contributed by atoms with Crippen molar-refractivity contribution in [2.24, 2.45) is 0 Å². The summed E-state index contributed by atoms with van der Waals surface area (Å²) in [5.41, 5.74) is 1.36. The molecule has 1 amide bonds. The number of ether oxygens (including phenoxy) is 3. The lowest BCUT2D eigenvalue weighted by Crippen LogP contribution is -2.09. The topological polar surface area (TPSA) is 56.8 Å². The number of hydrogen-bond acceptors (Lipinski definition) is 4. The van der Waals surface area contributed by atoms with E-state index in [0.717, 1.165) is 0 Å². The Morgan fingerprint density at radius 3 is 2.16 bits per heavy atom. The Balaban J connectivity index is 2.26. The highest BCUT2D eigenvalue weighted by molar-refractivity contribution is 6.04. The summed E-state index contributed by atoms with van der Waals surface area (Å²) in [7, 11) is 4.48. The summed E-state index contributed by atoms with van der Waals surface area (Å²) < 4.78 is 29.5. The molecule has 0 atom stereocenters. The van der Waals surface area contributed by atoms with E-state index in [9.17, 15) is 9.18 Å². The molecule has 0 aliphatic carbocycles. The molecular formula is C19H20FNO4. The van der Waals surface area contributed by atoms with Crippen LogP contribution in [-0.2, 0) is 4.79 Å². The van der Waals surface area contributed by atoms with Crippen LogP contribution < -0.4 is 19.5 Å². The number of allylic oxidation sites excluding steroid dienone is 1. The Hall–Kier alpha value is -3.02. The fraction of sp³-hybridized carbons (Fsp3) is 0.211. The lowest BCUT2D eigenvalue weighted by Gasteiger charge is -2.14. The molecule has 132 valence electrons. The molecule has 2 aromatic rings. The van der Waals surface area contributed by atoms with Crippen LogP contribution in [-0.4, -0.2) is 27.2 Å². The van der Waals surface area contributed by atoms with Crippen LogP contribution in [0.15, 0.2) is 42.5 Å². The molecule has 0 aliphatic rings. The van der Waals surface area contributed by atoms with Gasteiger partial charge in [-0.3, -0.25) is 4.79 Å². The van der Waals surface area contributed by atoms with Crippen molar-refractivity contribution in [2.75, 3.05) is 26.6 Å². The zero-order valence-corrected chi connectivity index (χ0v) is 14.6. The summed E-state index contributed by atoms with van der Waals surface area (Å²) in [6.45, 7) is 1.67. The predicted molar refractivity (Wildman–Crippen MR) is 94.8 cm³/mol. The molecule has 25 heavy (non-hydrogen) atoms. The summed E-state index contributed by atoms with van der Waals surface area (Å²) in [5, 5.41) is 2.71. The van der Waals surface area contributed by atoms with Gasteiger partial charge < -0.3 is 19.5 Å². The van der Waals surface area contributed by atoms with Gasteiger partial charge in [-0.1, -0.05) is 18.2 Å². The van der Waals surface area contributed by atoms with E-state index in [1.54, 1.807) is 37.3 Å². The number of anilines is 1. The van der Waals surface area contributed by atoms with Gasteiger partial charge in [-0.25, -0.2) is 4.39 Å². The van der Waals surface area contributed by atoms with Crippen molar-refractivity contribution in [1.29, 1.82) is 0 Å². The molecule has 0 radical (unpaired) electrons. The van der Waals surface area contributed by atoms with Gasteiger partial charge in [0.15, 0.2) is 11.5 Å². The van der Waals surface area contributed by atoms with Gasteiger partial charge in [-0.05, 0) is 18.6 Å². The monoisotopic (exact) mass is 345 g/mol. The fourth-order valence-corrected chi connectivity index (χ4v) is 2.39. The van der Waals surface area contributed by atoms with Crippen LogP contribution in [0.3, 0.4) is 0 Å². The number of carbonyl (C=O) groups excluding carboxylic acids is 1. The van der Waals surface area contributed by atoms with Crippen molar-refractivity contribution in [3.63, 3.8) is 0 Å².